The van der Waals surface area contributed by atoms with E-state index in [1.165, 1.54) is 25.5 Å². The van der Waals surface area contributed by atoms with Crippen molar-refractivity contribution in [3.05, 3.63) is 12.7 Å². The fourth-order valence-corrected chi connectivity index (χ4v) is 0.915. The first-order valence-electron chi connectivity index (χ1n) is 4.33. The number of hydrogen-bond acceptors (Lipinski definition) is 1. The summed E-state index contributed by atoms with van der Waals surface area (Å²) < 4.78 is 4.94. The quantitative estimate of drug-likeness (QED) is 0.295. The minimum absolute atomic E-state index is 0.898. The molecule has 0 saturated carbocycles. The lowest BCUT2D eigenvalue weighted by Crippen LogP contribution is -1.92. The molecule has 0 aromatic carbocycles. The highest BCUT2D eigenvalue weighted by molar-refractivity contribution is 6.35. The van der Waals surface area contributed by atoms with Crippen molar-refractivity contribution in [2.45, 2.75) is 31.9 Å². The fraction of sp³-hybridized carbons (Fsp3) is 0.778. The van der Waals surface area contributed by atoms with Gasteiger partial charge in [-0.2, -0.15) is 0 Å². The molecule has 0 rings (SSSR count). The minimum Gasteiger partial charge on any atom is -0.385 e. The molecule has 1 radical (unpaired) electrons. The Kier molecular flexibility index (Phi) is 9.56. The maximum absolute atomic E-state index is 4.94. The number of methoxy groups -OCH3 is 1. The fourth-order valence-electron chi connectivity index (χ4n) is 0.915. The number of hydrogen-bond donors (Lipinski definition) is 0. The summed E-state index contributed by atoms with van der Waals surface area (Å²) in [4.78, 5) is 0. The third-order valence-corrected chi connectivity index (χ3v) is 1.58. The molecule has 0 bridgehead atoms. The molecular formula is C9H18BO. The van der Waals surface area contributed by atoms with Gasteiger partial charge in [0, 0.05) is 13.7 Å². The Labute approximate surface area is 71.1 Å². The smallest absolute Gasteiger partial charge is 0.109 e. The highest BCUT2D eigenvalue weighted by Gasteiger charge is 1.90. The predicted octanol–water partition coefficient (Wildman–Crippen LogP) is 2.53. The van der Waals surface area contributed by atoms with Gasteiger partial charge in [-0.1, -0.05) is 25.1 Å². The number of rotatable bonds is 8. The molecule has 2 heteroatoms. The van der Waals surface area contributed by atoms with E-state index in [0.717, 1.165) is 13.0 Å². The van der Waals surface area contributed by atoms with Crippen molar-refractivity contribution >= 4 is 7.28 Å². The highest BCUT2D eigenvalue weighted by Crippen LogP contribution is 1.99. The van der Waals surface area contributed by atoms with E-state index in [9.17, 15) is 0 Å². The molecule has 0 saturated heterocycles. The second kappa shape index (κ2) is 9.76. The van der Waals surface area contributed by atoms with Gasteiger partial charge in [0.25, 0.3) is 0 Å². The van der Waals surface area contributed by atoms with Gasteiger partial charge in [-0.15, -0.1) is 6.58 Å². The van der Waals surface area contributed by atoms with Gasteiger partial charge in [-0.3, -0.25) is 0 Å². The van der Waals surface area contributed by atoms with Gasteiger partial charge in [0.2, 0.25) is 0 Å². The van der Waals surface area contributed by atoms with E-state index in [1.54, 1.807) is 7.11 Å². The average Bonchev–Trinajstić information content (AvgIpc) is 2.03. The summed E-state index contributed by atoms with van der Waals surface area (Å²) in [5.74, 6) is 0. The van der Waals surface area contributed by atoms with E-state index in [0.29, 0.717) is 0 Å². The van der Waals surface area contributed by atoms with Crippen LogP contribution in [0.4, 0.5) is 0 Å². The molecule has 0 aromatic rings. The third-order valence-electron chi connectivity index (χ3n) is 1.58. The summed E-state index contributed by atoms with van der Waals surface area (Å²) in [5, 5.41) is 0. The third kappa shape index (κ3) is 9.76. The zero-order chi connectivity index (χ0) is 8.36. The first kappa shape index (κ1) is 10.8. The lowest BCUT2D eigenvalue weighted by molar-refractivity contribution is 0.194. The summed E-state index contributed by atoms with van der Waals surface area (Å²) >= 11 is 0. The van der Waals surface area contributed by atoms with Gasteiger partial charge in [-0.25, -0.2) is 0 Å². The first-order chi connectivity index (χ1) is 5.41. The average molecular weight is 153 g/mol. The Morgan fingerprint density at radius 3 is 2.82 bits per heavy atom. The van der Waals surface area contributed by atoms with Gasteiger partial charge in [-0.05, 0) is 12.8 Å². The highest BCUT2D eigenvalue weighted by atomic mass is 16.5. The molecule has 0 fully saturated rings. The molecule has 0 aliphatic heterocycles. The van der Waals surface area contributed by atoms with Crippen molar-refractivity contribution in [2.24, 2.45) is 0 Å². The number of allylic oxidation sites excluding steroid dienone is 1. The van der Waals surface area contributed by atoms with E-state index < -0.39 is 0 Å². The lowest BCUT2D eigenvalue weighted by atomic mass is 9.69. The second-order valence-electron chi connectivity index (χ2n) is 2.64. The molecule has 0 heterocycles. The van der Waals surface area contributed by atoms with Crippen LogP contribution in [-0.2, 0) is 4.74 Å². The number of unbranched alkanes of at least 4 members (excludes halogenated alkanes) is 1. The van der Waals surface area contributed by atoms with E-state index in [-0.39, 0.29) is 0 Å². The maximum atomic E-state index is 4.94. The van der Waals surface area contributed by atoms with Crippen molar-refractivity contribution in [1.29, 1.82) is 0 Å². The van der Waals surface area contributed by atoms with Crippen LogP contribution in [0.5, 0.6) is 0 Å². The van der Waals surface area contributed by atoms with Crippen LogP contribution in [0.2, 0.25) is 12.6 Å². The normalized spacial score (nSPS) is 9.55. The SMILES string of the molecule is C=CCC[B]CCCCOC. The van der Waals surface area contributed by atoms with Crippen molar-refractivity contribution in [3.63, 3.8) is 0 Å². The molecule has 63 valence electrons. The van der Waals surface area contributed by atoms with Crippen LogP contribution in [0.25, 0.3) is 0 Å². The Morgan fingerprint density at radius 1 is 1.36 bits per heavy atom. The molecule has 0 unspecified atom stereocenters. The first-order valence-corrected chi connectivity index (χ1v) is 4.33. The predicted molar refractivity (Wildman–Crippen MR) is 51.3 cm³/mol. The minimum atomic E-state index is 0.898. The summed E-state index contributed by atoms with van der Waals surface area (Å²) in [6.07, 6.45) is 7.91. The van der Waals surface area contributed by atoms with Crippen LogP contribution in [0, 0.1) is 0 Å². The Morgan fingerprint density at radius 2 is 2.18 bits per heavy atom. The molecule has 0 aliphatic rings. The topological polar surface area (TPSA) is 9.23 Å². The van der Waals surface area contributed by atoms with Crippen LogP contribution in [0.3, 0.4) is 0 Å². The summed E-state index contributed by atoms with van der Waals surface area (Å²) in [6, 6.07) is 0. The summed E-state index contributed by atoms with van der Waals surface area (Å²) in [6.45, 7) is 4.57. The van der Waals surface area contributed by atoms with Crippen LogP contribution in [-0.4, -0.2) is 21.0 Å². The second-order valence-corrected chi connectivity index (χ2v) is 2.64. The standard InChI is InChI=1S/C9H18BO/c1-3-4-7-10-8-5-6-9-11-2/h3H,1,4-9H2,2H3. The summed E-state index contributed by atoms with van der Waals surface area (Å²) in [5.41, 5.74) is 0. The van der Waals surface area contributed by atoms with Crippen molar-refractivity contribution in [3.8, 4) is 0 Å². The van der Waals surface area contributed by atoms with E-state index in [2.05, 4.69) is 13.9 Å². The largest absolute Gasteiger partial charge is 0.385 e. The Hall–Kier alpha value is -0.235. The molecule has 0 aromatic heterocycles. The molecule has 0 amide bonds. The summed E-state index contributed by atoms with van der Waals surface area (Å²) in [7, 11) is 4.08. The number of ether oxygens (including phenoxy) is 1. The molecule has 1 nitrogen and oxygen atoms in total. The van der Waals surface area contributed by atoms with E-state index >= 15 is 0 Å². The van der Waals surface area contributed by atoms with Crippen molar-refractivity contribution < 1.29 is 4.74 Å². The van der Waals surface area contributed by atoms with Crippen LogP contribution in [0.15, 0.2) is 12.7 Å². The van der Waals surface area contributed by atoms with Crippen LogP contribution < -0.4 is 0 Å². The molecule has 0 N–H and O–H groups in total. The van der Waals surface area contributed by atoms with Crippen LogP contribution >= 0.6 is 0 Å². The van der Waals surface area contributed by atoms with Crippen molar-refractivity contribution in [2.75, 3.05) is 13.7 Å². The maximum Gasteiger partial charge on any atom is 0.109 e. The van der Waals surface area contributed by atoms with Gasteiger partial charge in [0.1, 0.15) is 7.28 Å². The Balaban J connectivity index is 2.74. The van der Waals surface area contributed by atoms with Gasteiger partial charge in [0.05, 0.1) is 0 Å². The molecular weight excluding hydrogens is 135 g/mol. The van der Waals surface area contributed by atoms with Gasteiger partial charge >= 0.3 is 0 Å². The molecule has 0 aliphatic carbocycles. The Bertz CT molecular complexity index is 83.6. The van der Waals surface area contributed by atoms with Gasteiger partial charge < -0.3 is 4.74 Å². The van der Waals surface area contributed by atoms with Crippen molar-refractivity contribution in [1.82, 2.24) is 0 Å². The molecule has 11 heavy (non-hydrogen) atoms. The molecule has 0 spiro atoms. The zero-order valence-electron chi connectivity index (χ0n) is 7.51. The monoisotopic (exact) mass is 153 g/mol. The van der Waals surface area contributed by atoms with E-state index in [4.69, 9.17) is 4.74 Å². The lowest BCUT2D eigenvalue weighted by Gasteiger charge is -1.97. The van der Waals surface area contributed by atoms with Crippen LogP contribution in [0.1, 0.15) is 19.3 Å². The molecule has 0 atom stereocenters. The zero-order valence-corrected chi connectivity index (χ0v) is 7.51. The van der Waals surface area contributed by atoms with Gasteiger partial charge in [0.15, 0.2) is 0 Å². The van der Waals surface area contributed by atoms with E-state index in [1.807, 2.05) is 6.08 Å².